The molecule has 1 aromatic heterocycles. The predicted molar refractivity (Wildman–Crippen MR) is 118 cm³/mol. The molecule has 0 radical (unpaired) electrons. The standard InChI is InChI=1S/C23H23ClN4O4/c1-27(2)21(29)14-31-19-5-3-4-16(12-19)23(30)28(18-10-11-18)13-20-25-26-22(32-20)15-6-8-17(24)9-7-15/h3-9,12,18H,10-11,13-14H2,1-2H3. The third-order valence-corrected chi connectivity index (χ3v) is 5.31. The lowest BCUT2D eigenvalue weighted by atomic mass is 10.2. The van der Waals surface area contributed by atoms with E-state index in [-0.39, 0.29) is 31.0 Å². The summed E-state index contributed by atoms with van der Waals surface area (Å²) in [6.07, 6.45) is 1.86. The molecule has 1 aliphatic carbocycles. The number of hydrogen-bond donors (Lipinski definition) is 0. The molecule has 0 aliphatic heterocycles. The normalized spacial score (nSPS) is 13.0. The molecule has 2 amide bonds. The quantitative estimate of drug-likeness (QED) is 0.516. The zero-order chi connectivity index (χ0) is 22.7. The fourth-order valence-corrected chi connectivity index (χ4v) is 3.21. The van der Waals surface area contributed by atoms with Crippen molar-refractivity contribution in [1.29, 1.82) is 0 Å². The summed E-state index contributed by atoms with van der Waals surface area (Å²) in [6, 6.07) is 14.1. The highest BCUT2D eigenvalue weighted by Crippen LogP contribution is 2.31. The largest absolute Gasteiger partial charge is 0.484 e. The molecule has 1 heterocycles. The van der Waals surface area contributed by atoms with E-state index in [1.165, 1.54) is 4.90 Å². The van der Waals surface area contributed by atoms with E-state index in [2.05, 4.69) is 10.2 Å². The van der Waals surface area contributed by atoms with E-state index in [9.17, 15) is 9.59 Å². The molecule has 2 aromatic carbocycles. The third kappa shape index (κ3) is 5.26. The van der Waals surface area contributed by atoms with Gasteiger partial charge in [-0.25, -0.2) is 0 Å². The highest BCUT2D eigenvalue weighted by atomic mass is 35.5. The maximum Gasteiger partial charge on any atom is 0.259 e. The Labute approximate surface area is 190 Å². The second kappa shape index (κ2) is 9.40. The molecule has 0 bridgehead atoms. The van der Waals surface area contributed by atoms with Gasteiger partial charge >= 0.3 is 0 Å². The van der Waals surface area contributed by atoms with Crippen molar-refractivity contribution in [3.05, 3.63) is 65.0 Å². The van der Waals surface area contributed by atoms with Crippen LogP contribution in [0.2, 0.25) is 5.02 Å². The first-order valence-electron chi connectivity index (χ1n) is 10.2. The number of nitrogens with zero attached hydrogens (tertiary/aromatic N) is 4. The van der Waals surface area contributed by atoms with E-state index < -0.39 is 0 Å². The van der Waals surface area contributed by atoms with Crippen molar-refractivity contribution in [2.45, 2.75) is 25.4 Å². The number of likely N-dealkylation sites (N-methyl/N-ethyl adjacent to an activating group) is 1. The van der Waals surface area contributed by atoms with Crippen molar-refractivity contribution in [1.82, 2.24) is 20.0 Å². The van der Waals surface area contributed by atoms with E-state index in [4.69, 9.17) is 20.8 Å². The first kappa shape index (κ1) is 21.8. The number of halogens is 1. The second-order valence-corrected chi connectivity index (χ2v) is 8.21. The van der Waals surface area contributed by atoms with Crippen LogP contribution in [0.25, 0.3) is 11.5 Å². The maximum absolute atomic E-state index is 13.2. The van der Waals surface area contributed by atoms with Crippen molar-refractivity contribution in [3.63, 3.8) is 0 Å². The van der Waals surface area contributed by atoms with Crippen LogP contribution in [0.5, 0.6) is 5.75 Å². The summed E-state index contributed by atoms with van der Waals surface area (Å²) in [5.74, 6) is 0.891. The molecule has 0 atom stereocenters. The van der Waals surface area contributed by atoms with E-state index in [0.29, 0.717) is 28.1 Å². The first-order chi connectivity index (χ1) is 15.4. The zero-order valence-electron chi connectivity index (χ0n) is 17.8. The van der Waals surface area contributed by atoms with Gasteiger partial charge in [0.25, 0.3) is 11.8 Å². The molecule has 1 fully saturated rings. The molecule has 9 heteroatoms. The van der Waals surface area contributed by atoms with Crippen molar-refractivity contribution >= 4 is 23.4 Å². The van der Waals surface area contributed by atoms with Gasteiger partial charge in [-0.3, -0.25) is 9.59 Å². The minimum absolute atomic E-state index is 0.0908. The molecule has 0 saturated heterocycles. The van der Waals surface area contributed by atoms with Crippen LogP contribution in [0.3, 0.4) is 0 Å². The second-order valence-electron chi connectivity index (χ2n) is 7.78. The number of benzene rings is 2. The number of ether oxygens (including phenoxy) is 1. The summed E-state index contributed by atoms with van der Waals surface area (Å²) >= 11 is 5.93. The molecular weight excluding hydrogens is 432 g/mol. The van der Waals surface area contributed by atoms with Gasteiger partial charge in [0.05, 0.1) is 6.54 Å². The summed E-state index contributed by atoms with van der Waals surface area (Å²) < 4.78 is 11.3. The Morgan fingerprint density at radius 2 is 1.88 bits per heavy atom. The van der Waals surface area contributed by atoms with Crippen LogP contribution < -0.4 is 4.74 Å². The van der Waals surface area contributed by atoms with Crippen LogP contribution in [0.15, 0.2) is 52.9 Å². The minimum atomic E-state index is -0.158. The summed E-state index contributed by atoms with van der Waals surface area (Å²) in [4.78, 5) is 28.2. The third-order valence-electron chi connectivity index (χ3n) is 5.05. The van der Waals surface area contributed by atoms with Crippen molar-refractivity contribution in [3.8, 4) is 17.2 Å². The van der Waals surface area contributed by atoms with E-state index in [0.717, 1.165) is 18.4 Å². The topological polar surface area (TPSA) is 88.8 Å². The Balaban J connectivity index is 1.47. The molecule has 0 N–H and O–H groups in total. The van der Waals surface area contributed by atoms with Gasteiger partial charge in [0.1, 0.15) is 5.75 Å². The molecule has 1 saturated carbocycles. The zero-order valence-corrected chi connectivity index (χ0v) is 18.6. The van der Waals surface area contributed by atoms with Crippen LogP contribution >= 0.6 is 11.6 Å². The lowest BCUT2D eigenvalue weighted by Gasteiger charge is -2.21. The van der Waals surface area contributed by atoms with Gasteiger partial charge in [-0.2, -0.15) is 0 Å². The smallest absolute Gasteiger partial charge is 0.259 e. The van der Waals surface area contributed by atoms with Crippen LogP contribution in [0.4, 0.5) is 0 Å². The number of hydrogen-bond acceptors (Lipinski definition) is 6. The molecule has 166 valence electrons. The molecule has 4 rings (SSSR count). The van der Waals surface area contributed by atoms with Gasteiger partial charge in [-0.1, -0.05) is 17.7 Å². The minimum Gasteiger partial charge on any atom is -0.484 e. The lowest BCUT2D eigenvalue weighted by molar-refractivity contribution is -0.130. The molecule has 3 aromatic rings. The summed E-state index contributed by atoms with van der Waals surface area (Å²) in [7, 11) is 3.32. The van der Waals surface area contributed by atoms with Crippen LogP contribution in [0.1, 0.15) is 29.1 Å². The molecular formula is C23H23ClN4O4. The highest BCUT2D eigenvalue weighted by Gasteiger charge is 2.34. The number of carbonyl (C=O) groups excluding carboxylic acids is 2. The number of rotatable bonds is 8. The molecule has 1 aliphatic rings. The molecule has 0 spiro atoms. The Hall–Kier alpha value is -3.39. The molecule has 32 heavy (non-hydrogen) atoms. The fraction of sp³-hybridized carbons (Fsp3) is 0.304. The monoisotopic (exact) mass is 454 g/mol. The first-order valence-corrected chi connectivity index (χ1v) is 10.6. The average Bonchev–Trinajstić information content (AvgIpc) is 3.53. The predicted octanol–water partition coefficient (Wildman–Crippen LogP) is 3.66. The number of aromatic nitrogens is 2. The Morgan fingerprint density at radius 3 is 2.56 bits per heavy atom. The van der Waals surface area contributed by atoms with Gasteiger partial charge in [0, 0.05) is 36.3 Å². The van der Waals surface area contributed by atoms with Crippen LogP contribution in [0, 0.1) is 0 Å². The van der Waals surface area contributed by atoms with Gasteiger partial charge in [0.15, 0.2) is 6.61 Å². The van der Waals surface area contributed by atoms with Gasteiger partial charge in [0.2, 0.25) is 11.8 Å². The van der Waals surface area contributed by atoms with Crippen LogP contribution in [-0.2, 0) is 11.3 Å². The average molecular weight is 455 g/mol. The summed E-state index contributed by atoms with van der Waals surface area (Å²) in [6.45, 7) is 0.126. The maximum atomic E-state index is 13.2. The van der Waals surface area contributed by atoms with Gasteiger partial charge < -0.3 is 19.0 Å². The van der Waals surface area contributed by atoms with Gasteiger partial charge in [-0.15, -0.1) is 10.2 Å². The Kier molecular flexibility index (Phi) is 6.41. The van der Waals surface area contributed by atoms with Crippen LogP contribution in [-0.4, -0.2) is 58.6 Å². The lowest BCUT2D eigenvalue weighted by Crippen LogP contribution is -2.32. The summed E-state index contributed by atoms with van der Waals surface area (Å²) in [5, 5.41) is 8.83. The molecule has 8 nitrogen and oxygen atoms in total. The van der Waals surface area contributed by atoms with E-state index >= 15 is 0 Å². The Morgan fingerprint density at radius 1 is 1.12 bits per heavy atom. The molecule has 0 unspecified atom stereocenters. The SMILES string of the molecule is CN(C)C(=O)COc1cccc(C(=O)N(Cc2nnc(-c3ccc(Cl)cc3)o2)C2CC2)c1. The van der Waals surface area contributed by atoms with Crippen molar-refractivity contribution in [2.75, 3.05) is 20.7 Å². The van der Waals surface area contributed by atoms with Gasteiger partial charge in [-0.05, 0) is 55.3 Å². The van der Waals surface area contributed by atoms with E-state index in [1.54, 1.807) is 67.5 Å². The van der Waals surface area contributed by atoms with Crippen molar-refractivity contribution in [2.24, 2.45) is 0 Å². The fourth-order valence-electron chi connectivity index (χ4n) is 3.08. The van der Waals surface area contributed by atoms with Crippen molar-refractivity contribution < 1.29 is 18.7 Å². The number of carbonyl (C=O) groups is 2. The summed E-state index contributed by atoms with van der Waals surface area (Å²) in [5.41, 5.74) is 1.23. The van der Waals surface area contributed by atoms with E-state index in [1.807, 2.05) is 0 Å². The number of amides is 2. The Bertz CT molecular complexity index is 1110. The highest BCUT2D eigenvalue weighted by molar-refractivity contribution is 6.30.